The second-order valence-electron chi connectivity index (χ2n) is 4.78. The lowest BCUT2D eigenvalue weighted by atomic mass is 10.3. The molecule has 0 unspecified atom stereocenters. The third kappa shape index (κ3) is 3.77. The molecule has 24 heavy (non-hydrogen) atoms. The summed E-state index contributed by atoms with van der Waals surface area (Å²) in [5.74, 6) is 0.358. The van der Waals surface area contributed by atoms with Crippen LogP contribution in [0.2, 0.25) is 0 Å². The Labute approximate surface area is 140 Å². The molecule has 3 aromatic rings. The number of anilines is 1. The number of rotatable bonds is 6. The van der Waals surface area contributed by atoms with Gasteiger partial charge in [0.1, 0.15) is 12.4 Å². The standard InChI is InChI=1S/C16H13F2N3O2S/c17-16(18)21-7-6-19-14(21)10-23-12-4-1-3-11(9-12)20-15(22)13-5-2-8-24-13/h1-9,16H,10H2,(H,20,22). The van der Waals surface area contributed by atoms with Crippen LogP contribution in [0.25, 0.3) is 0 Å². The van der Waals surface area contributed by atoms with Crippen molar-refractivity contribution in [3.63, 3.8) is 0 Å². The minimum atomic E-state index is -2.66. The smallest absolute Gasteiger partial charge is 0.320 e. The Hall–Kier alpha value is -2.74. The quantitative estimate of drug-likeness (QED) is 0.727. The molecule has 1 aromatic carbocycles. The van der Waals surface area contributed by atoms with Gasteiger partial charge in [-0.05, 0) is 23.6 Å². The molecule has 124 valence electrons. The van der Waals surface area contributed by atoms with Gasteiger partial charge in [0.05, 0.1) is 4.88 Å². The number of halogens is 2. The number of amides is 1. The number of thiophene rings is 1. The van der Waals surface area contributed by atoms with Gasteiger partial charge in [-0.1, -0.05) is 12.1 Å². The summed E-state index contributed by atoms with van der Waals surface area (Å²) in [5.41, 5.74) is 0.558. The lowest BCUT2D eigenvalue weighted by Gasteiger charge is -2.10. The molecule has 0 radical (unpaired) electrons. The summed E-state index contributed by atoms with van der Waals surface area (Å²) < 4.78 is 31.7. The number of hydrogen-bond donors (Lipinski definition) is 1. The lowest BCUT2D eigenvalue weighted by molar-refractivity contribution is 0.0632. The van der Waals surface area contributed by atoms with Crippen LogP contribution in [-0.4, -0.2) is 15.5 Å². The molecular formula is C16H13F2N3O2S. The highest BCUT2D eigenvalue weighted by Gasteiger charge is 2.12. The molecule has 0 bridgehead atoms. The summed E-state index contributed by atoms with van der Waals surface area (Å²) in [6, 6.07) is 10.3. The first kappa shape index (κ1) is 16.1. The fourth-order valence-corrected chi connectivity index (χ4v) is 2.66. The largest absolute Gasteiger partial charge is 0.486 e. The van der Waals surface area contributed by atoms with Crippen LogP contribution < -0.4 is 10.1 Å². The summed E-state index contributed by atoms with van der Waals surface area (Å²) in [7, 11) is 0. The van der Waals surface area contributed by atoms with E-state index in [-0.39, 0.29) is 18.3 Å². The van der Waals surface area contributed by atoms with Gasteiger partial charge in [-0.25, -0.2) is 4.98 Å². The molecule has 3 rings (SSSR count). The van der Waals surface area contributed by atoms with Crippen LogP contribution in [0.1, 0.15) is 22.0 Å². The van der Waals surface area contributed by atoms with E-state index in [2.05, 4.69) is 10.3 Å². The minimum absolute atomic E-state index is 0.0976. The number of nitrogens with zero attached hydrogens (tertiary/aromatic N) is 2. The first-order valence-electron chi connectivity index (χ1n) is 7.01. The monoisotopic (exact) mass is 349 g/mol. The number of carbonyl (C=O) groups is 1. The number of carbonyl (C=O) groups excluding carboxylic acids is 1. The Morgan fingerprint density at radius 3 is 2.96 bits per heavy atom. The van der Waals surface area contributed by atoms with Gasteiger partial charge < -0.3 is 10.1 Å². The zero-order valence-electron chi connectivity index (χ0n) is 12.4. The SMILES string of the molecule is O=C(Nc1cccc(OCc2nccn2C(F)F)c1)c1cccs1. The Morgan fingerprint density at radius 1 is 1.33 bits per heavy atom. The molecule has 2 aromatic heterocycles. The number of nitrogens with one attached hydrogen (secondary N) is 1. The zero-order valence-corrected chi connectivity index (χ0v) is 13.2. The summed E-state index contributed by atoms with van der Waals surface area (Å²) in [6.45, 7) is -2.76. The van der Waals surface area contributed by atoms with Crippen LogP contribution in [0, 0.1) is 0 Å². The number of aromatic nitrogens is 2. The Balaban J connectivity index is 1.65. The van der Waals surface area contributed by atoms with Gasteiger partial charge in [-0.2, -0.15) is 8.78 Å². The highest BCUT2D eigenvalue weighted by Crippen LogP contribution is 2.21. The van der Waals surface area contributed by atoms with Crippen LogP contribution >= 0.6 is 11.3 Å². The topological polar surface area (TPSA) is 56.1 Å². The molecule has 0 atom stereocenters. The fraction of sp³-hybridized carbons (Fsp3) is 0.125. The van der Waals surface area contributed by atoms with E-state index in [0.29, 0.717) is 16.3 Å². The average molecular weight is 349 g/mol. The van der Waals surface area contributed by atoms with E-state index < -0.39 is 6.55 Å². The maximum Gasteiger partial charge on any atom is 0.320 e. The van der Waals surface area contributed by atoms with Gasteiger partial charge in [-0.15, -0.1) is 11.3 Å². The molecule has 1 N–H and O–H groups in total. The van der Waals surface area contributed by atoms with Gasteiger partial charge in [0.2, 0.25) is 0 Å². The summed E-state index contributed by atoms with van der Waals surface area (Å²) >= 11 is 1.34. The lowest BCUT2D eigenvalue weighted by Crippen LogP contribution is -2.10. The highest BCUT2D eigenvalue weighted by atomic mass is 32.1. The third-order valence-corrected chi connectivity index (χ3v) is 4.03. The molecule has 0 aliphatic rings. The van der Waals surface area contributed by atoms with Crippen molar-refractivity contribution in [1.29, 1.82) is 0 Å². The number of ether oxygens (including phenoxy) is 1. The van der Waals surface area contributed by atoms with Crippen molar-refractivity contribution in [2.45, 2.75) is 13.2 Å². The van der Waals surface area contributed by atoms with Crippen molar-refractivity contribution in [3.05, 3.63) is 64.9 Å². The van der Waals surface area contributed by atoms with Gasteiger partial charge in [0.15, 0.2) is 5.82 Å². The van der Waals surface area contributed by atoms with Crippen molar-refractivity contribution < 1.29 is 18.3 Å². The van der Waals surface area contributed by atoms with Crippen LogP contribution in [0.3, 0.4) is 0 Å². The fourth-order valence-electron chi connectivity index (χ4n) is 2.05. The first-order valence-corrected chi connectivity index (χ1v) is 7.89. The molecule has 0 fully saturated rings. The normalized spacial score (nSPS) is 10.8. The van der Waals surface area contributed by atoms with E-state index in [4.69, 9.17) is 4.74 Å². The number of benzene rings is 1. The molecule has 0 saturated carbocycles. The van der Waals surface area contributed by atoms with E-state index in [9.17, 15) is 13.6 Å². The number of imidazole rings is 1. The van der Waals surface area contributed by atoms with Crippen molar-refractivity contribution in [3.8, 4) is 5.75 Å². The number of alkyl halides is 2. The van der Waals surface area contributed by atoms with Crippen LogP contribution in [0.15, 0.2) is 54.2 Å². The number of hydrogen-bond acceptors (Lipinski definition) is 4. The van der Waals surface area contributed by atoms with Crippen LogP contribution in [-0.2, 0) is 6.61 Å². The molecule has 0 saturated heterocycles. The summed E-state index contributed by atoms with van der Waals surface area (Å²) in [4.78, 5) is 16.5. The summed E-state index contributed by atoms with van der Waals surface area (Å²) in [6.07, 6.45) is 2.49. The van der Waals surface area contributed by atoms with Gasteiger partial charge in [0.25, 0.3) is 5.91 Å². The van der Waals surface area contributed by atoms with E-state index in [1.807, 2.05) is 5.38 Å². The van der Waals surface area contributed by atoms with E-state index >= 15 is 0 Å². The van der Waals surface area contributed by atoms with Crippen LogP contribution in [0.5, 0.6) is 5.75 Å². The Kier molecular flexibility index (Phi) is 4.85. The first-order chi connectivity index (χ1) is 11.6. The minimum Gasteiger partial charge on any atom is -0.486 e. The molecule has 5 nitrogen and oxygen atoms in total. The van der Waals surface area contributed by atoms with E-state index in [0.717, 1.165) is 4.57 Å². The van der Waals surface area contributed by atoms with Crippen molar-refractivity contribution >= 4 is 22.9 Å². The van der Waals surface area contributed by atoms with Crippen molar-refractivity contribution in [2.75, 3.05) is 5.32 Å². The predicted molar refractivity (Wildman–Crippen MR) is 86.5 cm³/mol. The Bertz CT molecular complexity index is 818. The predicted octanol–water partition coefficient (Wildman–Crippen LogP) is 4.17. The average Bonchev–Trinajstić information content (AvgIpc) is 3.25. The maximum atomic E-state index is 12.7. The maximum absolute atomic E-state index is 12.7. The molecule has 0 aliphatic carbocycles. The zero-order chi connectivity index (χ0) is 16.9. The second kappa shape index (κ2) is 7.22. The van der Waals surface area contributed by atoms with E-state index in [1.165, 1.54) is 23.7 Å². The summed E-state index contributed by atoms with van der Waals surface area (Å²) in [5, 5.41) is 4.58. The molecule has 2 heterocycles. The van der Waals surface area contributed by atoms with E-state index in [1.54, 1.807) is 36.4 Å². The molecule has 0 aliphatic heterocycles. The van der Waals surface area contributed by atoms with Gasteiger partial charge in [0, 0.05) is 24.1 Å². The molecule has 8 heteroatoms. The second-order valence-corrected chi connectivity index (χ2v) is 5.72. The van der Waals surface area contributed by atoms with Gasteiger partial charge in [-0.3, -0.25) is 9.36 Å². The molecular weight excluding hydrogens is 336 g/mol. The van der Waals surface area contributed by atoms with Crippen molar-refractivity contribution in [2.24, 2.45) is 0 Å². The molecule has 1 amide bonds. The molecule has 0 spiro atoms. The highest BCUT2D eigenvalue weighted by molar-refractivity contribution is 7.12. The van der Waals surface area contributed by atoms with Crippen molar-refractivity contribution in [1.82, 2.24) is 9.55 Å². The van der Waals surface area contributed by atoms with Crippen LogP contribution in [0.4, 0.5) is 14.5 Å². The Morgan fingerprint density at radius 2 is 2.21 bits per heavy atom. The van der Waals surface area contributed by atoms with Gasteiger partial charge >= 0.3 is 6.55 Å². The third-order valence-electron chi connectivity index (χ3n) is 3.16.